The number of amides is 1. The van der Waals surface area contributed by atoms with Crippen LogP contribution in [0, 0.1) is 31.5 Å². The van der Waals surface area contributed by atoms with Crippen LogP contribution in [0.25, 0.3) is 11.1 Å². The van der Waals surface area contributed by atoms with Crippen LogP contribution in [-0.2, 0) is 5.33 Å². The van der Waals surface area contributed by atoms with E-state index in [0.29, 0.717) is 22.4 Å². The fraction of sp³-hybridized carbons (Fsp3) is 0.280. The van der Waals surface area contributed by atoms with Gasteiger partial charge in [0.2, 0.25) is 5.95 Å². The second-order valence-corrected chi connectivity index (χ2v) is 8.73. The fourth-order valence-corrected chi connectivity index (χ4v) is 4.19. The molecule has 1 saturated carbocycles. The normalized spacial score (nSPS) is 14.4. The standard InChI is InChI=1S/C25H23BrF2N2O/c1-14-8-23(28)29-13-21(14)19-9-16(12-26)10-20(11-19)25(31)30-24(17-3-4-17)18-5-6-22(27)15(2)7-18/h5-11,13,17,24H,3-4,12H2,1-2H3,(H,30,31)/t24-/m0/s1. The van der Waals surface area contributed by atoms with E-state index in [-0.39, 0.29) is 17.8 Å². The zero-order valence-corrected chi connectivity index (χ0v) is 19.0. The Hall–Kier alpha value is -2.60. The zero-order valence-electron chi connectivity index (χ0n) is 17.4. The number of rotatable bonds is 6. The first-order valence-corrected chi connectivity index (χ1v) is 11.4. The van der Waals surface area contributed by atoms with Crippen LogP contribution in [0.3, 0.4) is 0 Å². The van der Waals surface area contributed by atoms with Gasteiger partial charge in [0.15, 0.2) is 0 Å². The molecule has 1 aliphatic rings. The molecular weight excluding hydrogens is 462 g/mol. The van der Waals surface area contributed by atoms with E-state index in [1.807, 2.05) is 31.2 Å². The van der Waals surface area contributed by atoms with Crippen molar-refractivity contribution in [2.24, 2.45) is 5.92 Å². The Kier molecular flexibility index (Phi) is 6.19. The summed E-state index contributed by atoms with van der Waals surface area (Å²) in [6, 6.07) is 11.9. The van der Waals surface area contributed by atoms with Crippen LogP contribution in [0.5, 0.6) is 0 Å². The number of hydrogen-bond donors (Lipinski definition) is 1. The van der Waals surface area contributed by atoms with Crippen molar-refractivity contribution in [2.75, 3.05) is 0 Å². The topological polar surface area (TPSA) is 42.0 Å². The van der Waals surface area contributed by atoms with Crippen LogP contribution in [0.4, 0.5) is 8.78 Å². The van der Waals surface area contributed by atoms with Crippen LogP contribution >= 0.6 is 15.9 Å². The van der Waals surface area contributed by atoms with E-state index >= 15 is 0 Å². The minimum absolute atomic E-state index is 0.155. The minimum Gasteiger partial charge on any atom is -0.345 e. The lowest BCUT2D eigenvalue weighted by Crippen LogP contribution is -2.30. The summed E-state index contributed by atoms with van der Waals surface area (Å²) in [5.41, 5.74) is 5.31. The maximum atomic E-state index is 13.7. The first-order valence-electron chi connectivity index (χ1n) is 10.2. The molecule has 6 heteroatoms. The molecule has 1 heterocycles. The molecule has 1 fully saturated rings. The van der Waals surface area contributed by atoms with Crippen molar-refractivity contribution in [3.05, 3.63) is 88.2 Å². The number of aromatic nitrogens is 1. The van der Waals surface area contributed by atoms with E-state index in [9.17, 15) is 13.6 Å². The lowest BCUT2D eigenvalue weighted by atomic mass is 9.97. The quantitative estimate of drug-likeness (QED) is 0.324. The monoisotopic (exact) mass is 484 g/mol. The van der Waals surface area contributed by atoms with Crippen LogP contribution in [0.1, 0.15) is 51.5 Å². The number of carbonyl (C=O) groups is 1. The molecule has 1 atom stereocenters. The molecule has 160 valence electrons. The number of hydrogen-bond acceptors (Lipinski definition) is 2. The van der Waals surface area contributed by atoms with Crippen LogP contribution in [-0.4, -0.2) is 10.9 Å². The summed E-state index contributed by atoms with van der Waals surface area (Å²) in [5, 5.41) is 3.74. The van der Waals surface area contributed by atoms with E-state index in [4.69, 9.17) is 0 Å². The van der Waals surface area contributed by atoms with Crippen molar-refractivity contribution in [1.29, 1.82) is 0 Å². The number of nitrogens with one attached hydrogen (secondary N) is 1. The van der Waals surface area contributed by atoms with Gasteiger partial charge in [-0.15, -0.1) is 0 Å². The second kappa shape index (κ2) is 8.87. The summed E-state index contributed by atoms with van der Waals surface area (Å²) in [4.78, 5) is 17.0. The molecule has 1 aromatic heterocycles. The summed E-state index contributed by atoms with van der Waals surface area (Å²) in [5.74, 6) is -0.605. The number of alkyl halides is 1. The Labute approximate surface area is 189 Å². The lowest BCUT2D eigenvalue weighted by molar-refractivity contribution is 0.0931. The highest BCUT2D eigenvalue weighted by Gasteiger charge is 2.34. The minimum atomic E-state index is -0.530. The third-order valence-corrected chi connectivity index (χ3v) is 6.37. The number of aryl methyl sites for hydroxylation is 2. The molecule has 3 aromatic rings. The molecule has 3 nitrogen and oxygen atoms in total. The highest BCUT2D eigenvalue weighted by molar-refractivity contribution is 9.08. The molecule has 1 aliphatic carbocycles. The van der Waals surface area contributed by atoms with Gasteiger partial charge in [-0.25, -0.2) is 9.37 Å². The van der Waals surface area contributed by atoms with E-state index in [1.165, 1.54) is 18.3 Å². The SMILES string of the molecule is Cc1cc([C@@H](NC(=O)c2cc(CBr)cc(-c3cnc(F)cc3C)c2)C2CC2)ccc1F. The van der Waals surface area contributed by atoms with Crippen LogP contribution < -0.4 is 5.32 Å². The van der Waals surface area contributed by atoms with Crippen molar-refractivity contribution in [3.8, 4) is 11.1 Å². The molecule has 1 amide bonds. The smallest absolute Gasteiger partial charge is 0.251 e. The summed E-state index contributed by atoms with van der Waals surface area (Å²) in [6.45, 7) is 3.55. The molecule has 0 spiro atoms. The van der Waals surface area contributed by atoms with Gasteiger partial charge in [-0.05, 0) is 84.7 Å². The summed E-state index contributed by atoms with van der Waals surface area (Å²) in [6.07, 6.45) is 3.57. The predicted molar refractivity (Wildman–Crippen MR) is 121 cm³/mol. The first kappa shape index (κ1) is 21.6. The Bertz CT molecular complexity index is 1140. The van der Waals surface area contributed by atoms with E-state index in [1.54, 1.807) is 13.0 Å². The maximum absolute atomic E-state index is 13.7. The molecule has 0 saturated heterocycles. The molecule has 0 bridgehead atoms. The van der Waals surface area contributed by atoms with Gasteiger partial charge >= 0.3 is 0 Å². The van der Waals surface area contributed by atoms with E-state index in [2.05, 4.69) is 26.2 Å². The van der Waals surface area contributed by atoms with Crippen molar-refractivity contribution < 1.29 is 13.6 Å². The molecule has 31 heavy (non-hydrogen) atoms. The highest BCUT2D eigenvalue weighted by atomic mass is 79.9. The van der Waals surface area contributed by atoms with E-state index < -0.39 is 5.95 Å². The van der Waals surface area contributed by atoms with Crippen molar-refractivity contribution in [2.45, 2.75) is 38.1 Å². The zero-order chi connectivity index (χ0) is 22.1. The predicted octanol–water partition coefficient (Wildman–Crippen LogP) is 6.42. The van der Waals surface area contributed by atoms with Gasteiger partial charge in [0.25, 0.3) is 5.91 Å². The summed E-state index contributed by atoms with van der Waals surface area (Å²) < 4.78 is 27.2. The lowest BCUT2D eigenvalue weighted by Gasteiger charge is -2.20. The van der Waals surface area contributed by atoms with Crippen molar-refractivity contribution in [3.63, 3.8) is 0 Å². The maximum Gasteiger partial charge on any atom is 0.251 e. The third-order valence-electron chi connectivity index (χ3n) is 5.72. The van der Waals surface area contributed by atoms with Gasteiger partial charge in [-0.1, -0.05) is 34.1 Å². The van der Waals surface area contributed by atoms with Crippen LogP contribution in [0.15, 0.2) is 48.7 Å². The largest absolute Gasteiger partial charge is 0.345 e. The number of nitrogens with zero attached hydrogens (tertiary/aromatic N) is 1. The third kappa shape index (κ3) is 4.85. The average Bonchev–Trinajstić information content (AvgIpc) is 3.58. The summed E-state index contributed by atoms with van der Waals surface area (Å²) >= 11 is 3.47. The van der Waals surface area contributed by atoms with Gasteiger partial charge in [0, 0.05) is 22.7 Å². The number of carbonyl (C=O) groups excluding carboxylic acids is 1. The van der Waals surface area contributed by atoms with Gasteiger partial charge in [0.1, 0.15) is 5.82 Å². The van der Waals surface area contributed by atoms with Gasteiger partial charge < -0.3 is 5.32 Å². The molecular formula is C25H23BrF2N2O. The first-order chi connectivity index (χ1) is 14.9. The molecule has 1 N–H and O–H groups in total. The Balaban J connectivity index is 1.66. The van der Waals surface area contributed by atoms with Crippen molar-refractivity contribution >= 4 is 21.8 Å². The Morgan fingerprint density at radius 2 is 1.90 bits per heavy atom. The highest BCUT2D eigenvalue weighted by Crippen LogP contribution is 2.41. The fourth-order valence-electron chi connectivity index (χ4n) is 3.87. The molecule has 2 aromatic carbocycles. The molecule has 0 radical (unpaired) electrons. The van der Waals surface area contributed by atoms with Crippen LogP contribution in [0.2, 0.25) is 0 Å². The average molecular weight is 485 g/mol. The van der Waals surface area contributed by atoms with Gasteiger partial charge in [-0.3, -0.25) is 4.79 Å². The second-order valence-electron chi connectivity index (χ2n) is 8.17. The summed E-state index contributed by atoms with van der Waals surface area (Å²) in [7, 11) is 0. The number of halogens is 3. The van der Waals surface area contributed by atoms with Gasteiger partial charge in [-0.2, -0.15) is 4.39 Å². The van der Waals surface area contributed by atoms with Crippen molar-refractivity contribution in [1.82, 2.24) is 10.3 Å². The molecule has 4 rings (SSSR count). The van der Waals surface area contributed by atoms with E-state index in [0.717, 1.165) is 40.7 Å². The Morgan fingerprint density at radius 3 is 2.55 bits per heavy atom. The van der Waals surface area contributed by atoms with Gasteiger partial charge in [0.05, 0.1) is 6.04 Å². The Morgan fingerprint density at radius 1 is 1.13 bits per heavy atom. The molecule has 0 aliphatic heterocycles. The number of benzene rings is 2. The number of pyridine rings is 1. The molecule has 0 unspecified atom stereocenters.